The van der Waals surface area contributed by atoms with Crippen molar-refractivity contribution in [2.24, 2.45) is 0 Å². The lowest BCUT2D eigenvalue weighted by Crippen LogP contribution is -2.05. The summed E-state index contributed by atoms with van der Waals surface area (Å²) in [5, 5.41) is 18.7. The number of Topliss-reactive ketones (excluding diaryl/α,β-unsaturated/α-hetero) is 1. The van der Waals surface area contributed by atoms with Crippen LogP contribution in [0.4, 0.5) is 10.1 Å². The highest BCUT2D eigenvalue weighted by molar-refractivity contribution is 5.97. The van der Waals surface area contributed by atoms with Gasteiger partial charge in [-0.15, -0.1) is 0 Å². The second-order valence-corrected chi connectivity index (χ2v) is 2.50. The lowest BCUT2D eigenvalue weighted by molar-refractivity contribution is -0.387. The highest BCUT2D eigenvalue weighted by Crippen LogP contribution is 2.17. The van der Waals surface area contributed by atoms with E-state index in [1.807, 2.05) is 0 Å². The number of nitrogens with zero attached hydrogens (tertiary/aromatic N) is 1. The smallest absolute Gasteiger partial charge is 0.304 e. The predicted octanol–water partition coefficient (Wildman–Crippen LogP) is 0.909. The van der Waals surface area contributed by atoms with Gasteiger partial charge in [0.25, 0.3) is 0 Å². The van der Waals surface area contributed by atoms with E-state index >= 15 is 0 Å². The topological polar surface area (TPSA) is 80.4 Å². The molecule has 6 heteroatoms. The first-order chi connectivity index (χ1) is 6.56. The molecule has 1 rings (SSSR count). The van der Waals surface area contributed by atoms with E-state index in [2.05, 4.69) is 0 Å². The van der Waals surface area contributed by atoms with Gasteiger partial charge in [0, 0.05) is 11.6 Å². The normalized spacial score (nSPS) is 9.86. The summed E-state index contributed by atoms with van der Waals surface area (Å²) < 4.78 is 12.9. The molecular weight excluding hydrogens is 193 g/mol. The van der Waals surface area contributed by atoms with Crippen LogP contribution in [0.25, 0.3) is 0 Å². The van der Waals surface area contributed by atoms with Crippen LogP contribution in [0.1, 0.15) is 10.4 Å². The van der Waals surface area contributed by atoms with Crippen LogP contribution < -0.4 is 0 Å². The zero-order chi connectivity index (χ0) is 10.7. The molecule has 0 saturated heterocycles. The Morgan fingerprint density at radius 2 is 2.21 bits per heavy atom. The van der Waals surface area contributed by atoms with Crippen LogP contribution in [0.5, 0.6) is 0 Å². The number of carbonyl (C=O) groups is 1. The largest absolute Gasteiger partial charge is 0.388 e. The standard InChI is InChI=1S/C8H6FNO4/c9-6-3-5(8(12)4-11)1-2-7(6)10(13)14/h1-3,11H,4H2. The van der Waals surface area contributed by atoms with Gasteiger partial charge in [0.05, 0.1) is 4.92 Å². The van der Waals surface area contributed by atoms with E-state index in [1.54, 1.807) is 0 Å². The first kappa shape index (κ1) is 10.3. The fourth-order valence-corrected chi connectivity index (χ4v) is 0.920. The number of hydrogen-bond donors (Lipinski definition) is 1. The number of aliphatic hydroxyl groups is 1. The molecule has 0 aliphatic carbocycles. The Morgan fingerprint density at radius 1 is 1.57 bits per heavy atom. The maximum absolute atomic E-state index is 12.9. The minimum Gasteiger partial charge on any atom is -0.388 e. The Hall–Kier alpha value is -1.82. The summed E-state index contributed by atoms with van der Waals surface area (Å²) in [6.07, 6.45) is 0. The Morgan fingerprint density at radius 3 is 2.64 bits per heavy atom. The molecule has 1 N–H and O–H groups in total. The second kappa shape index (κ2) is 3.93. The van der Waals surface area contributed by atoms with Crippen LogP contribution >= 0.6 is 0 Å². The number of nitro groups is 1. The average Bonchev–Trinajstić information content (AvgIpc) is 2.15. The summed E-state index contributed by atoms with van der Waals surface area (Å²) >= 11 is 0. The van der Waals surface area contributed by atoms with Crippen LogP contribution in [0.15, 0.2) is 18.2 Å². The van der Waals surface area contributed by atoms with Gasteiger partial charge >= 0.3 is 5.69 Å². The van der Waals surface area contributed by atoms with Crippen molar-refractivity contribution in [3.8, 4) is 0 Å². The van der Waals surface area contributed by atoms with Gasteiger partial charge in [-0.05, 0) is 12.1 Å². The molecule has 0 unspecified atom stereocenters. The molecule has 74 valence electrons. The number of nitro benzene ring substituents is 1. The van der Waals surface area contributed by atoms with Gasteiger partial charge in [0.2, 0.25) is 5.82 Å². The Bertz CT molecular complexity index is 391. The number of aliphatic hydroxyl groups excluding tert-OH is 1. The molecule has 1 aromatic rings. The van der Waals surface area contributed by atoms with Gasteiger partial charge in [0.15, 0.2) is 5.78 Å². The van der Waals surface area contributed by atoms with E-state index in [0.717, 1.165) is 18.2 Å². The molecule has 0 radical (unpaired) electrons. The molecule has 0 bridgehead atoms. The molecule has 0 aromatic heterocycles. The molecular formula is C8H6FNO4. The molecule has 0 spiro atoms. The number of hydrogen-bond acceptors (Lipinski definition) is 4. The average molecular weight is 199 g/mol. The molecule has 0 aliphatic rings. The maximum atomic E-state index is 12.9. The number of carbonyl (C=O) groups excluding carboxylic acids is 1. The van der Waals surface area contributed by atoms with Crippen molar-refractivity contribution in [1.82, 2.24) is 0 Å². The summed E-state index contributed by atoms with van der Waals surface area (Å²) in [5.74, 6) is -1.77. The monoisotopic (exact) mass is 199 g/mol. The number of benzene rings is 1. The minimum atomic E-state index is -1.09. The molecule has 0 aliphatic heterocycles. The van der Waals surface area contributed by atoms with Crippen molar-refractivity contribution in [3.05, 3.63) is 39.7 Å². The zero-order valence-corrected chi connectivity index (χ0v) is 6.94. The molecule has 0 saturated carbocycles. The third-order valence-corrected chi connectivity index (χ3v) is 1.61. The fourth-order valence-electron chi connectivity index (χ4n) is 0.920. The highest BCUT2D eigenvalue weighted by Gasteiger charge is 2.15. The first-order valence-corrected chi connectivity index (χ1v) is 3.64. The van der Waals surface area contributed by atoms with E-state index < -0.39 is 28.8 Å². The van der Waals surface area contributed by atoms with Crippen molar-refractivity contribution in [2.45, 2.75) is 0 Å². The van der Waals surface area contributed by atoms with Gasteiger partial charge in [-0.2, -0.15) is 4.39 Å². The van der Waals surface area contributed by atoms with Crippen molar-refractivity contribution >= 4 is 11.5 Å². The number of rotatable bonds is 3. The molecule has 0 amide bonds. The van der Waals surface area contributed by atoms with Gasteiger partial charge in [-0.3, -0.25) is 14.9 Å². The molecule has 14 heavy (non-hydrogen) atoms. The van der Waals surface area contributed by atoms with Crippen LogP contribution in [-0.2, 0) is 0 Å². The predicted molar refractivity (Wildman–Crippen MR) is 44.5 cm³/mol. The van der Waals surface area contributed by atoms with Gasteiger partial charge in [-0.25, -0.2) is 0 Å². The van der Waals surface area contributed by atoms with Crippen LogP contribution in [0.3, 0.4) is 0 Å². The van der Waals surface area contributed by atoms with Crippen molar-refractivity contribution in [2.75, 3.05) is 6.61 Å². The summed E-state index contributed by atoms with van der Waals surface area (Å²) in [6.45, 7) is -0.753. The van der Waals surface area contributed by atoms with Crippen LogP contribution in [0.2, 0.25) is 0 Å². The number of halogens is 1. The third kappa shape index (κ3) is 1.91. The minimum absolute atomic E-state index is 0.0874. The van der Waals surface area contributed by atoms with E-state index in [9.17, 15) is 19.3 Å². The lowest BCUT2D eigenvalue weighted by atomic mass is 10.1. The molecule has 0 heterocycles. The first-order valence-electron chi connectivity index (χ1n) is 3.64. The van der Waals surface area contributed by atoms with Gasteiger partial charge in [-0.1, -0.05) is 0 Å². The third-order valence-electron chi connectivity index (χ3n) is 1.61. The summed E-state index contributed by atoms with van der Waals surface area (Å²) in [4.78, 5) is 20.2. The lowest BCUT2D eigenvalue weighted by Gasteiger charge is -1.97. The quantitative estimate of drug-likeness (QED) is 0.445. The maximum Gasteiger partial charge on any atom is 0.304 e. The van der Waals surface area contributed by atoms with Gasteiger partial charge < -0.3 is 5.11 Å². The Kier molecular flexibility index (Phi) is 2.88. The molecule has 0 fully saturated rings. The van der Waals surface area contributed by atoms with E-state index in [-0.39, 0.29) is 5.56 Å². The van der Waals surface area contributed by atoms with Gasteiger partial charge in [0.1, 0.15) is 6.61 Å². The number of ketones is 1. The summed E-state index contributed by atoms with van der Waals surface area (Å²) in [6, 6.07) is 2.72. The second-order valence-electron chi connectivity index (χ2n) is 2.50. The van der Waals surface area contributed by atoms with Crippen molar-refractivity contribution in [1.29, 1.82) is 0 Å². The molecule has 5 nitrogen and oxygen atoms in total. The van der Waals surface area contributed by atoms with E-state index in [4.69, 9.17) is 5.11 Å². The van der Waals surface area contributed by atoms with Crippen molar-refractivity contribution in [3.63, 3.8) is 0 Å². The summed E-state index contributed by atoms with van der Waals surface area (Å²) in [5.41, 5.74) is -0.782. The highest BCUT2D eigenvalue weighted by atomic mass is 19.1. The Balaban J connectivity index is 3.12. The van der Waals surface area contributed by atoms with E-state index in [0.29, 0.717) is 0 Å². The molecule has 1 aromatic carbocycles. The van der Waals surface area contributed by atoms with E-state index in [1.165, 1.54) is 0 Å². The zero-order valence-electron chi connectivity index (χ0n) is 6.94. The SMILES string of the molecule is O=C(CO)c1ccc([N+](=O)[O-])c(F)c1. The van der Waals surface area contributed by atoms with Crippen LogP contribution in [0, 0.1) is 15.9 Å². The molecule has 0 atom stereocenters. The fraction of sp³-hybridized carbons (Fsp3) is 0.125. The summed E-state index contributed by atoms with van der Waals surface area (Å²) in [7, 11) is 0. The Labute approximate surface area is 77.9 Å². The van der Waals surface area contributed by atoms with Crippen LogP contribution in [-0.4, -0.2) is 22.4 Å². The van der Waals surface area contributed by atoms with Crippen molar-refractivity contribution < 1.29 is 19.2 Å².